The molecule has 170 valence electrons. The van der Waals surface area contributed by atoms with E-state index in [2.05, 4.69) is 4.98 Å². The second kappa shape index (κ2) is 7.89. The fraction of sp³-hybridized carbons (Fsp3) is 0.130. The Morgan fingerprint density at radius 3 is 2.71 bits per heavy atom. The zero-order valence-corrected chi connectivity index (χ0v) is 18.6. The number of ether oxygens (including phenoxy) is 1. The summed E-state index contributed by atoms with van der Waals surface area (Å²) in [5.74, 6) is -1.43. The molecule has 0 bridgehead atoms. The average molecular weight is 477 g/mol. The average Bonchev–Trinajstić information content (AvgIpc) is 3.36. The van der Waals surface area contributed by atoms with E-state index < -0.39 is 28.3 Å². The molecule has 0 saturated carbocycles. The van der Waals surface area contributed by atoms with Gasteiger partial charge in [0.15, 0.2) is 10.6 Å². The van der Waals surface area contributed by atoms with Crippen molar-refractivity contribution in [2.24, 2.45) is 0 Å². The molecule has 1 atom stereocenters. The largest absolute Gasteiger partial charge is 0.465 e. The second-order valence-corrected chi connectivity index (χ2v) is 8.48. The lowest BCUT2D eigenvalue weighted by molar-refractivity contribution is -0.384. The van der Waals surface area contributed by atoms with Crippen LogP contribution in [0.25, 0.3) is 11.0 Å². The lowest BCUT2D eigenvalue weighted by Crippen LogP contribution is -2.29. The van der Waals surface area contributed by atoms with E-state index in [0.717, 1.165) is 11.3 Å². The van der Waals surface area contributed by atoms with Gasteiger partial charge < -0.3 is 9.15 Å². The van der Waals surface area contributed by atoms with Gasteiger partial charge in [0.05, 0.1) is 34.7 Å². The summed E-state index contributed by atoms with van der Waals surface area (Å²) >= 11 is 0.925. The molecule has 34 heavy (non-hydrogen) atoms. The van der Waals surface area contributed by atoms with Crippen molar-refractivity contribution in [2.45, 2.75) is 13.0 Å². The van der Waals surface area contributed by atoms with Gasteiger partial charge in [0.25, 0.3) is 11.6 Å². The van der Waals surface area contributed by atoms with Gasteiger partial charge in [0.2, 0.25) is 5.76 Å². The highest BCUT2D eigenvalue weighted by Gasteiger charge is 2.45. The molecular weight excluding hydrogens is 462 g/mol. The number of amides is 1. The van der Waals surface area contributed by atoms with Crippen molar-refractivity contribution in [2.75, 3.05) is 12.0 Å². The Bertz CT molecular complexity index is 1570. The Balaban J connectivity index is 1.79. The summed E-state index contributed by atoms with van der Waals surface area (Å²) in [6, 6.07) is 11.2. The first-order chi connectivity index (χ1) is 16.3. The van der Waals surface area contributed by atoms with Crippen LogP contribution in [0.3, 0.4) is 0 Å². The Hall–Kier alpha value is -4.38. The number of nitro groups is 1. The number of para-hydroxylation sites is 1. The highest BCUT2D eigenvalue weighted by molar-refractivity contribution is 7.17. The molecule has 3 heterocycles. The number of fused-ring (bicyclic) bond motifs is 2. The summed E-state index contributed by atoms with van der Waals surface area (Å²) in [6.45, 7) is 1.60. The van der Waals surface area contributed by atoms with E-state index in [1.807, 2.05) is 0 Å². The van der Waals surface area contributed by atoms with E-state index in [0.29, 0.717) is 11.3 Å². The van der Waals surface area contributed by atoms with Gasteiger partial charge in [-0.25, -0.2) is 9.78 Å². The molecular formula is C23H15N3O7S. The molecule has 1 aliphatic rings. The molecule has 0 saturated heterocycles. The lowest BCUT2D eigenvalue weighted by Gasteiger charge is -2.22. The molecule has 11 heteroatoms. The van der Waals surface area contributed by atoms with Crippen molar-refractivity contribution in [1.82, 2.24) is 4.98 Å². The zero-order chi connectivity index (χ0) is 24.1. The van der Waals surface area contributed by atoms with Gasteiger partial charge in [-0.15, -0.1) is 0 Å². The molecule has 0 unspecified atom stereocenters. The maximum atomic E-state index is 13.6. The predicted octanol–water partition coefficient (Wildman–Crippen LogP) is 4.00. The predicted molar refractivity (Wildman–Crippen MR) is 122 cm³/mol. The number of hydrogen-bond donors (Lipinski definition) is 0. The Morgan fingerprint density at radius 2 is 1.97 bits per heavy atom. The standard InChI is InChI=1S/C23H15N3O7S/c1-11-20(22(29)32-2)34-23(24-11)25-17(12-6-5-7-13(10-12)26(30)31)16-18(27)14-8-3-4-9-15(14)33-19(16)21(25)28/h3-10,17H,1-2H3/t17-/m0/s1. The summed E-state index contributed by atoms with van der Waals surface area (Å²) in [4.78, 5) is 55.9. The summed E-state index contributed by atoms with van der Waals surface area (Å²) in [6.07, 6.45) is 0. The molecule has 0 fully saturated rings. The fourth-order valence-electron chi connectivity index (χ4n) is 4.01. The summed E-state index contributed by atoms with van der Waals surface area (Å²) < 4.78 is 10.6. The Labute approximate surface area is 195 Å². The number of anilines is 1. The molecule has 2 aromatic carbocycles. The van der Waals surface area contributed by atoms with E-state index in [-0.39, 0.29) is 38.0 Å². The van der Waals surface area contributed by atoms with Crippen molar-refractivity contribution in [3.05, 3.63) is 96.3 Å². The van der Waals surface area contributed by atoms with Gasteiger partial charge >= 0.3 is 5.97 Å². The first kappa shape index (κ1) is 21.5. The van der Waals surface area contributed by atoms with E-state index >= 15 is 0 Å². The van der Waals surface area contributed by atoms with Gasteiger partial charge in [0.1, 0.15) is 10.5 Å². The first-order valence-corrected chi connectivity index (χ1v) is 10.8. The van der Waals surface area contributed by atoms with Crippen LogP contribution in [0.5, 0.6) is 0 Å². The Morgan fingerprint density at radius 1 is 1.21 bits per heavy atom. The van der Waals surface area contributed by atoms with E-state index in [1.165, 1.54) is 30.2 Å². The van der Waals surface area contributed by atoms with Crippen LogP contribution < -0.4 is 10.3 Å². The number of methoxy groups -OCH3 is 1. The molecule has 1 amide bonds. The fourth-order valence-corrected chi connectivity index (χ4v) is 5.02. The molecule has 0 aliphatic carbocycles. The van der Waals surface area contributed by atoms with Crippen molar-refractivity contribution in [1.29, 1.82) is 0 Å². The molecule has 0 radical (unpaired) electrons. The van der Waals surface area contributed by atoms with Crippen LogP contribution in [-0.2, 0) is 4.74 Å². The minimum Gasteiger partial charge on any atom is -0.465 e. The third kappa shape index (κ3) is 3.17. The van der Waals surface area contributed by atoms with E-state index in [9.17, 15) is 24.5 Å². The smallest absolute Gasteiger partial charge is 0.350 e. The zero-order valence-electron chi connectivity index (χ0n) is 17.8. The van der Waals surface area contributed by atoms with Crippen LogP contribution in [-0.4, -0.2) is 28.9 Å². The van der Waals surface area contributed by atoms with Crippen LogP contribution >= 0.6 is 11.3 Å². The Kier molecular flexibility index (Phi) is 4.98. The minimum atomic E-state index is -1.04. The first-order valence-electron chi connectivity index (χ1n) is 10.0. The highest BCUT2D eigenvalue weighted by Crippen LogP contribution is 2.43. The maximum absolute atomic E-state index is 13.6. The third-order valence-electron chi connectivity index (χ3n) is 5.54. The van der Waals surface area contributed by atoms with Gasteiger partial charge in [-0.2, -0.15) is 0 Å². The van der Waals surface area contributed by atoms with Crippen molar-refractivity contribution in [3.63, 3.8) is 0 Å². The minimum absolute atomic E-state index is 0.0525. The number of rotatable bonds is 4. The molecule has 2 aromatic heterocycles. The van der Waals surface area contributed by atoms with Gasteiger partial charge in [-0.05, 0) is 24.6 Å². The van der Waals surface area contributed by atoms with Crippen LogP contribution in [0, 0.1) is 17.0 Å². The number of aryl methyl sites for hydroxylation is 1. The van der Waals surface area contributed by atoms with Crippen LogP contribution in [0.4, 0.5) is 10.8 Å². The van der Waals surface area contributed by atoms with Crippen molar-refractivity contribution in [3.8, 4) is 0 Å². The highest BCUT2D eigenvalue weighted by atomic mass is 32.1. The third-order valence-corrected chi connectivity index (χ3v) is 6.67. The van der Waals surface area contributed by atoms with Crippen LogP contribution in [0.1, 0.15) is 43.1 Å². The van der Waals surface area contributed by atoms with Gasteiger partial charge in [-0.1, -0.05) is 35.6 Å². The topological polar surface area (TPSA) is 133 Å². The van der Waals surface area contributed by atoms with E-state index in [4.69, 9.17) is 9.15 Å². The van der Waals surface area contributed by atoms with Crippen molar-refractivity contribution < 1.29 is 23.7 Å². The molecule has 1 aliphatic heterocycles. The molecule has 5 rings (SSSR count). The lowest BCUT2D eigenvalue weighted by atomic mass is 9.98. The van der Waals surface area contributed by atoms with Crippen LogP contribution in [0.2, 0.25) is 0 Å². The normalized spacial score (nSPS) is 14.9. The number of thiazole rings is 1. The number of carbonyl (C=O) groups is 2. The number of carbonyl (C=O) groups excluding carboxylic acids is 2. The molecule has 0 spiro atoms. The summed E-state index contributed by atoms with van der Waals surface area (Å²) in [5, 5.41) is 11.8. The van der Waals surface area contributed by atoms with Crippen molar-refractivity contribution >= 4 is 45.0 Å². The van der Waals surface area contributed by atoms with Gasteiger partial charge in [-0.3, -0.25) is 24.6 Å². The SMILES string of the molecule is COC(=O)c1sc(N2C(=O)c3oc4ccccc4c(=O)c3[C@@H]2c2cccc([N+](=O)[O-])c2)nc1C. The number of benzene rings is 2. The number of non-ortho nitro benzene ring substituents is 1. The van der Waals surface area contributed by atoms with Gasteiger partial charge in [0, 0.05) is 12.1 Å². The second-order valence-electron chi connectivity index (χ2n) is 7.50. The number of hydrogen-bond acceptors (Lipinski definition) is 9. The number of nitrogens with zero attached hydrogens (tertiary/aromatic N) is 3. The monoisotopic (exact) mass is 477 g/mol. The molecule has 0 N–H and O–H groups in total. The number of nitro benzene ring substituents is 1. The van der Waals surface area contributed by atoms with E-state index in [1.54, 1.807) is 37.3 Å². The summed E-state index contributed by atoms with van der Waals surface area (Å²) in [7, 11) is 1.23. The number of aromatic nitrogens is 1. The van der Waals surface area contributed by atoms with Crippen LogP contribution in [0.15, 0.2) is 57.7 Å². The summed E-state index contributed by atoms with van der Waals surface area (Å²) in [5.41, 5.74) is 0.343. The maximum Gasteiger partial charge on any atom is 0.350 e. The molecule has 10 nitrogen and oxygen atoms in total. The molecule has 4 aromatic rings. The number of esters is 1. The quantitative estimate of drug-likeness (QED) is 0.245.